The minimum Gasteiger partial charge on any atom is -0.381 e. The summed E-state index contributed by atoms with van der Waals surface area (Å²) in [4.78, 5) is 32.2. The summed E-state index contributed by atoms with van der Waals surface area (Å²) in [6.07, 6.45) is -3.93. The van der Waals surface area contributed by atoms with E-state index in [2.05, 4.69) is 4.98 Å². The molecule has 0 N–H and O–H groups in total. The fraction of sp³-hybridized carbons (Fsp3) is 0.750. The number of ether oxygens (including phenoxy) is 2. The number of carbonyl (C=O) groups is 1. The van der Waals surface area contributed by atoms with E-state index in [9.17, 15) is 27.2 Å². The number of hydrogen-bond donors (Lipinski definition) is 0. The van der Waals surface area contributed by atoms with E-state index < -0.39 is 42.1 Å². The van der Waals surface area contributed by atoms with Crippen molar-refractivity contribution < 1.29 is 31.8 Å². The van der Waals surface area contributed by atoms with Crippen molar-refractivity contribution in [3.8, 4) is 0 Å². The number of aromatic nitrogens is 2. The Kier molecular flexibility index (Phi) is 5.95. The van der Waals surface area contributed by atoms with E-state index in [-0.39, 0.29) is 43.3 Å². The molecular weight excluding hydrogens is 436 g/mol. The van der Waals surface area contributed by atoms with Gasteiger partial charge in [-0.15, -0.1) is 0 Å². The molecule has 3 aliphatic heterocycles. The maximum atomic E-state index is 15.0. The molecule has 1 aromatic heterocycles. The zero-order valence-electron chi connectivity index (χ0n) is 18.0. The van der Waals surface area contributed by atoms with Crippen molar-refractivity contribution in [2.75, 3.05) is 49.3 Å². The molecule has 4 rings (SSSR count). The molecule has 2 fully saturated rings. The molecule has 12 heteroatoms. The summed E-state index contributed by atoms with van der Waals surface area (Å²) < 4.78 is 68.7. The van der Waals surface area contributed by atoms with E-state index >= 15 is 0 Å². The van der Waals surface area contributed by atoms with Crippen LogP contribution in [0, 0.1) is 11.7 Å². The Morgan fingerprint density at radius 3 is 2.53 bits per heavy atom. The number of nitrogens with zero attached hydrogens (tertiary/aromatic N) is 4. The molecule has 32 heavy (non-hydrogen) atoms. The number of anilines is 2. The number of hydrogen-bond acceptors (Lipinski definition) is 7. The molecule has 2 atom stereocenters. The molecule has 1 aromatic rings. The van der Waals surface area contributed by atoms with Crippen LogP contribution in [0.1, 0.15) is 26.7 Å². The van der Waals surface area contributed by atoms with E-state index in [0.717, 1.165) is 11.8 Å². The molecule has 4 heterocycles. The molecule has 1 unspecified atom stereocenters. The molecule has 0 radical (unpaired) electrons. The lowest BCUT2D eigenvalue weighted by atomic mass is 9.93. The summed E-state index contributed by atoms with van der Waals surface area (Å²) in [5.41, 5.74) is -3.76. The Morgan fingerprint density at radius 2 is 1.91 bits per heavy atom. The highest BCUT2D eigenvalue weighted by Crippen LogP contribution is 2.43. The van der Waals surface area contributed by atoms with Crippen molar-refractivity contribution in [2.45, 2.75) is 51.0 Å². The van der Waals surface area contributed by atoms with Crippen LogP contribution in [-0.2, 0) is 20.8 Å². The van der Waals surface area contributed by atoms with Crippen molar-refractivity contribution in [3.05, 3.63) is 16.2 Å². The average Bonchev–Trinajstić information content (AvgIpc) is 3.05. The Morgan fingerprint density at radius 1 is 1.22 bits per heavy atom. The predicted molar refractivity (Wildman–Crippen MR) is 106 cm³/mol. The standard InChI is InChI=1S/C20H26F4N4O4/c1-12-10-32-8-5-26(12)16-15(21)17(30)27-11-19(2,20(22,23)24)28(18(27)25-16)9-14(29)13-3-6-31-7-4-13/h12-13H,3-11H2,1-2H3/t12?,19-/m0/s1. The monoisotopic (exact) mass is 462 g/mol. The van der Waals surface area contributed by atoms with E-state index in [1.807, 2.05) is 0 Å². The fourth-order valence-electron chi connectivity index (χ4n) is 4.50. The molecule has 2 saturated heterocycles. The Hall–Kier alpha value is -2.21. The quantitative estimate of drug-likeness (QED) is 0.631. The van der Waals surface area contributed by atoms with Crippen molar-refractivity contribution in [2.24, 2.45) is 5.92 Å². The first-order chi connectivity index (χ1) is 15.0. The van der Waals surface area contributed by atoms with Gasteiger partial charge >= 0.3 is 6.18 Å². The minimum atomic E-state index is -4.79. The second-order valence-electron chi connectivity index (χ2n) is 8.77. The SMILES string of the molecule is CC1COCCN1c1nc2n(c(=O)c1F)C[C@@](C)(C(F)(F)F)N2CC(=O)C1CCOCC1. The molecule has 0 saturated carbocycles. The molecule has 8 nitrogen and oxygen atoms in total. The Balaban J connectivity index is 1.77. The third kappa shape index (κ3) is 3.76. The number of rotatable bonds is 4. The van der Waals surface area contributed by atoms with Gasteiger partial charge in [0.1, 0.15) is 0 Å². The molecule has 178 valence electrons. The number of halogens is 4. The molecule has 0 spiro atoms. The summed E-state index contributed by atoms with van der Waals surface area (Å²) in [6, 6.07) is -0.319. The average molecular weight is 462 g/mol. The number of alkyl halides is 3. The van der Waals surface area contributed by atoms with Gasteiger partial charge < -0.3 is 19.3 Å². The van der Waals surface area contributed by atoms with Gasteiger partial charge in [0.15, 0.2) is 17.1 Å². The first-order valence-electron chi connectivity index (χ1n) is 10.6. The van der Waals surface area contributed by atoms with E-state index in [1.54, 1.807) is 6.92 Å². The van der Waals surface area contributed by atoms with Gasteiger partial charge in [-0.1, -0.05) is 0 Å². The normalized spacial score (nSPS) is 27.0. The van der Waals surface area contributed by atoms with Crippen molar-refractivity contribution in [1.82, 2.24) is 9.55 Å². The van der Waals surface area contributed by atoms with Crippen molar-refractivity contribution >= 4 is 17.5 Å². The maximum Gasteiger partial charge on any atom is 0.413 e. The largest absolute Gasteiger partial charge is 0.413 e. The molecule has 3 aliphatic rings. The summed E-state index contributed by atoms with van der Waals surface area (Å²) in [7, 11) is 0. The topological polar surface area (TPSA) is 76.9 Å². The van der Waals surface area contributed by atoms with Crippen LogP contribution in [0.15, 0.2) is 4.79 Å². The fourth-order valence-corrected chi connectivity index (χ4v) is 4.50. The Bertz CT molecular complexity index is 947. The number of ketones is 1. The van der Waals surface area contributed by atoms with Crippen LogP contribution in [0.25, 0.3) is 0 Å². The number of carbonyl (C=O) groups excluding carboxylic acids is 1. The Labute approximate surface area is 182 Å². The van der Waals surface area contributed by atoms with Gasteiger partial charge in [-0.25, -0.2) is 0 Å². The highest BCUT2D eigenvalue weighted by Gasteiger charge is 2.60. The van der Waals surface area contributed by atoms with Gasteiger partial charge in [0.2, 0.25) is 11.8 Å². The van der Waals surface area contributed by atoms with Crippen LogP contribution in [-0.4, -0.2) is 72.6 Å². The number of fused-ring (bicyclic) bond motifs is 1. The van der Waals surface area contributed by atoms with Crippen LogP contribution < -0.4 is 15.4 Å². The van der Waals surface area contributed by atoms with Crippen molar-refractivity contribution in [1.29, 1.82) is 0 Å². The lowest BCUT2D eigenvalue weighted by molar-refractivity contribution is -0.182. The lowest BCUT2D eigenvalue weighted by Crippen LogP contribution is -2.57. The zero-order valence-corrected chi connectivity index (χ0v) is 18.0. The van der Waals surface area contributed by atoms with E-state index in [1.165, 1.54) is 4.90 Å². The second kappa shape index (κ2) is 8.29. The van der Waals surface area contributed by atoms with Crippen LogP contribution in [0.4, 0.5) is 29.3 Å². The van der Waals surface area contributed by atoms with Crippen LogP contribution in [0.2, 0.25) is 0 Å². The van der Waals surface area contributed by atoms with Crippen LogP contribution in [0.5, 0.6) is 0 Å². The smallest absolute Gasteiger partial charge is 0.381 e. The highest BCUT2D eigenvalue weighted by atomic mass is 19.4. The van der Waals surface area contributed by atoms with Crippen LogP contribution >= 0.6 is 0 Å². The van der Waals surface area contributed by atoms with Gasteiger partial charge in [0.25, 0.3) is 5.56 Å². The number of Topliss-reactive ketones (excluding diaryl/α,β-unsaturated/α-hetero) is 1. The molecule has 0 bridgehead atoms. The maximum absolute atomic E-state index is 15.0. The molecule has 0 amide bonds. The summed E-state index contributed by atoms with van der Waals surface area (Å²) >= 11 is 0. The third-order valence-electron chi connectivity index (χ3n) is 6.62. The zero-order chi connectivity index (χ0) is 23.3. The van der Waals surface area contributed by atoms with E-state index in [0.29, 0.717) is 30.6 Å². The molecule has 0 aliphatic carbocycles. The van der Waals surface area contributed by atoms with Gasteiger partial charge in [-0.05, 0) is 26.7 Å². The first-order valence-corrected chi connectivity index (χ1v) is 10.6. The van der Waals surface area contributed by atoms with Gasteiger partial charge in [0.05, 0.1) is 32.3 Å². The van der Waals surface area contributed by atoms with E-state index in [4.69, 9.17) is 9.47 Å². The number of morpholine rings is 1. The summed E-state index contributed by atoms with van der Waals surface area (Å²) in [5, 5.41) is 0. The first kappa shape index (κ1) is 23.0. The summed E-state index contributed by atoms with van der Waals surface area (Å²) in [5.74, 6) is -2.67. The second-order valence-corrected chi connectivity index (χ2v) is 8.77. The lowest BCUT2D eigenvalue weighted by Gasteiger charge is -2.37. The predicted octanol–water partition coefficient (Wildman–Crippen LogP) is 1.74. The van der Waals surface area contributed by atoms with Crippen molar-refractivity contribution in [3.63, 3.8) is 0 Å². The molecular formula is C20H26F4N4O4. The third-order valence-corrected chi connectivity index (χ3v) is 6.62. The van der Waals surface area contributed by atoms with Gasteiger partial charge in [-0.3, -0.25) is 14.2 Å². The van der Waals surface area contributed by atoms with Crippen LogP contribution in [0.3, 0.4) is 0 Å². The highest BCUT2D eigenvalue weighted by molar-refractivity contribution is 5.86. The summed E-state index contributed by atoms with van der Waals surface area (Å²) in [6.45, 7) is 2.76. The molecule has 0 aromatic carbocycles. The minimum absolute atomic E-state index is 0.242. The van der Waals surface area contributed by atoms with Gasteiger partial charge in [-0.2, -0.15) is 22.5 Å². The van der Waals surface area contributed by atoms with Gasteiger partial charge in [0, 0.05) is 25.7 Å².